The Morgan fingerprint density at radius 1 is 1.18 bits per heavy atom. The molecule has 4 amide bonds. The first-order valence-electron chi connectivity index (χ1n) is 10.8. The molecule has 11 heteroatoms. The summed E-state index contributed by atoms with van der Waals surface area (Å²) in [4.78, 5) is 51.5. The summed E-state index contributed by atoms with van der Waals surface area (Å²) in [7, 11) is 1.21. The number of hydrogen-bond acceptors (Lipinski definition) is 5. The first-order chi connectivity index (χ1) is 15.9. The van der Waals surface area contributed by atoms with Gasteiger partial charge in [0.15, 0.2) is 0 Å². The van der Waals surface area contributed by atoms with E-state index in [1.54, 1.807) is 27.7 Å². The van der Waals surface area contributed by atoms with Crippen LogP contribution in [0.2, 0.25) is 0 Å². The average molecular weight is 481 g/mol. The van der Waals surface area contributed by atoms with Crippen LogP contribution in [-0.4, -0.2) is 60.5 Å². The van der Waals surface area contributed by atoms with Gasteiger partial charge in [-0.05, 0) is 38.3 Å². The maximum absolute atomic E-state index is 13.8. The molecule has 1 aliphatic rings. The second-order valence-electron chi connectivity index (χ2n) is 8.64. The van der Waals surface area contributed by atoms with Crippen molar-refractivity contribution in [1.29, 1.82) is 0 Å². The van der Waals surface area contributed by atoms with Crippen LogP contribution in [0.1, 0.15) is 34.1 Å². The minimum atomic E-state index is -0.957. The second kappa shape index (κ2) is 11.6. The van der Waals surface area contributed by atoms with Gasteiger partial charge < -0.3 is 25.6 Å². The van der Waals surface area contributed by atoms with Crippen LogP contribution in [0.3, 0.4) is 0 Å². The topological polar surface area (TPSA) is 117 Å². The normalized spacial score (nSPS) is 18.2. The van der Waals surface area contributed by atoms with Gasteiger partial charge in [0.25, 0.3) is 0 Å². The summed E-state index contributed by atoms with van der Waals surface area (Å²) in [6, 6.07) is -0.557. The molecule has 9 nitrogen and oxygen atoms in total. The van der Waals surface area contributed by atoms with E-state index in [1.165, 1.54) is 18.1 Å². The van der Waals surface area contributed by atoms with Crippen LogP contribution in [0, 0.1) is 17.6 Å². The number of anilines is 1. The van der Waals surface area contributed by atoms with Gasteiger partial charge in [0, 0.05) is 18.7 Å². The molecule has 0 aliphatic carbocycles. The quantitative estimate of drug-likeness (QED) is 0.409. The summed E-state index contributed by atoms with van der Waals surface area (Å²) >= 11 is 0. The molecule has 3 atom stereocenters. The number of nitrogens with zero attached hydrogens (tertiary/aromatic N) is 1. The van der Waals surface area contributed by atoms with E-state index < -0.39 is 53.6 Å². The number of allylic oxidation sites excluding steroid dienone is 1. The van der Waals surface area contributed by atoms with Gasteiger partial charge in [-0.2, -0.15) is 0 Å². The highest BCUT2D eigenvalue weighted by Crippen LogP contribution is 2.21. The van der Waals surface area contributed by atoms with E-state index in [4.69, 9.17) is 4.74 Å². The lowest BCUT2D eigenvalue weighted by Crippen LogP contribution is -2.52. The van der Waals surface area contributed by atoms with Crippen molar-refractivity contribution in [2.75, 3.05) is 19.0 Å². The monoisotopic (exact) mass is 480 g/mol. The molecule has 34 heavy (non-hydrogen) atoms. The molecule has 1 heterocycles. The van der Waals surface area contributed by atoms with Gasteiger partial charge in [-0.3, -0.25) is 9.59 Å². The number of likely N-dealkylation sites (tertiary alicyclic amines) is 1. The van der Waals surface area contributed by atoms with E-state index in [-0.39, 0.29) is 24.6 Å². The molecule has 0 spiro atoms. The van der Waals surface area contributed by atoms with Crippen molar-refractivity contribution < 1.29 is 32.7 Å². The maximum Gasteiger partial charge on any atom is 0.328 e. The zero-order chi connectivity index (χ0) is 25.6. The molecule has 0 aromatic heterocycles. The van der Waals surface area contributed by atoms with Crippen molar-refractivity contribution in [1.82, 2.24) is 15.5 Å². The minimum Gasteiger partial charge on any atom is -0.467 e. The largest absolute Gasteiger partial charge is 0.467 e. The Balaban J connectivity index is 2.16. The number of benzene rings is 1. The molecule has 0 saturated carbocycles. The van der Waals surface area contributed by atoms with Gasteiger partial charge in [-0.15, -0.1) is 0 Å². The zero-order valence-electron chi connectivity index (χ0n) is 19.8. The Bertz CT molecular complexity index is 978. The van der Waals surface area contributed by atoms with Crippen molar-refractivity contribution in [3.8, 4) is 0 Å². The molecule has 186 valence electrons. The molecular formula is C23H30F2N4O5. The van der Waals surface area contributed by atoms with Crippen LogP contribution in [0.4, 0.5) is 19.3 Å². The van der Waals surface area contributed by atoms with E-state index in [9.17, 15) is 28.0 Å². The lowest BCUT2D eigenvalue weighted by Gasteiger charge is -2.26. The molecule has 1 aliphatic heterocycles. The predicted molar refractivity (Wildman–Crippen MR) is 121 cm³/mol. The first kappa shape index (κ1) is 26.7. The van der Waals surface area contributed by atoms with Crippen molar-refractivity contribution in [2.24, 2.45) is 5.92 Å². The van der Waals surface area contributed by atoms with Gasteiger partial charge in [0.2, 0.25) is 11.8 Å². The Labute approximate surface area is 196 Å². The fourth-order valence-corrected chi connectivity index (χ4v) is 3.57. The number of ether oxygens (including phenoxy) is 1. The molecule has 1 aromatic carbocycles. The number of carbonyl (C=O) groups is 4. The van der Waals surface area contributed by atoms with Crippen LogP contribution >= 0.6 is 0 Å². The third-order valence-electron chi connectivity index (χ3n) is 5.23. The van der Waals surface area contributed by atoms with Gasteiger partial charge in [0.1, 0.15) is 23.7 Å². The molecule has 1 fully saturated rings. The first-order valence-corrected chi connectivity index (χ1v) is 10.8. The van der Waals surface area contributed by atoms with E-state index in [1.807, 2.05) is 0 Å². The number of hydrogen-bond donors (Lipinski definition) is 3. The third-order valence-corrected chi connectivity index (χ3v) is 5.23. The standard InChI is InChI=1S/C23H30F2N4O5/c1-12(2)8-19(30)29-11-15(26-23(33)27-17-7-6-14(24)9-16(17)25)10-18(29)21(31)28-20(13(3)4)22(32)34-5/h6-9,13,15,18,20H,10-11H2,1-5H3,(H,28,31)(H2,26,27,33)/t15-,18+,20+/m0/s1. The van der Waals surface area contributed by atoms with Crippen molar-refractivity contribution in [2.45, 2.75) is 52.2 Å². The van der Waals surface area contributed by atoms with Gasteiger partial charge in [0.05, 0.1) is 18.8 Å². The lowest BCUT2D eigenvalue weighted by atomic mass is 10.0. The highest BCUT2D eigenvalue weighted by atomic mass is 19.1. The van der Waals surface area contributed by atoms with Gasteiger partial charge >= 0.3 is 12.0 Å². The third kappa shape index (κ3) is 7.00. The summed E-state index contributed by atoms with van der Waals surface area (Å²) in [5.41, 5.74) is 0.501. The van der Waals surface area contributed by atoms with Crippen molar-refractivity contribution in [3.63, 3.8) is 0 Å². The molecule has 0 bridgehead atoms. The minimum absolute atomic E-state index is 0.0184. The molecule has 1 saturated heterocycles. The Hall–Kier alpha value is -3.50. The number of urea groups is 1. The van der Waals surface area contributed by atoms with Crippen molar-refractivity contribution >= 4 is 29.5 Å². The second-order valence-corrected chi connectivity index (χ2v) is 8.64. The average Bonchev–Trinajstić information content (AvgIpc) is 3.16. The molecule has 3 N–H and O–H groups in total. The fraction of sp³-hybridized carbons (Fsp3) is 0.478. The van der Waals surface area contributed by atoms with Crippen molar-refractivity contribution in [3.05, 3.63) is 41.5 Å². The maximum atomic E-state index is 13.8. The van der Waals surface area contributed by atoms with Crippen LogP contribution in [0.15, 0.2) is 29.8 Å². The summed E-state index contributed by atoms with van der Waals surface area (Å²) < 4.78 is 31.7. The highest BCUT2D eigenvalue weighted by Gasteiger charge is 2.41. The number of esters is 1. The number of carbonyl (C=O) groups excluding carboxylic acids is 4. The molecule has 0 unspecified atom stereocenters. The number of amides is 4. The summed E-state index contributed by atoms with van der Waals surface area (Å²) in [5, 5.41) is 7.52. The fourth-order valence-electron chi connectivity index (χ4n) is 3.57. The molecule has 0 radical (unpaired) electrons. The van der Waals surface area contributed by atoms with E-state index in [2.05, 4.69) is 16.0 Å². The Morgan fingerprint density at radius 3 is 2.41 bits per heavy atom. The zero-order valence-corrected chi connectivity index (χ0v) is 19.8. The predicted octanol–water partition coefficient (Wildman–Crippen LogP) is 2.34. The Morgan fingerprint density at radius 2 is 1.85 bits per heavy atom. The summed E-state index contributed by atoms with van der Waals surface area (Å²) in [6.45, 7) is 6.97. The molecule has 1 aromatic rings. The van der Waals surface area contributed by atoms with E-state index in [0.717, 1.165) is 17.7 Å². The van der Waals surface area contributed by atoms with E-state index >= 15 is 0 Å². The SMILES string of the molecule is COC(=O)[C@H](NC(=O)[C@H]1C[C@H](NC(=O)Nc2ccc(F)cc2F)CN1C(=O)C=C(C)C)C(C)C. The number of methoxy groups -OCH3 is 1. The van der Waals surface area contributed by atoms with Crippen LogP contribution in [-0.2, 0) is 19.1 Å². The van der Waals surface area contributed by atoms with Crippen LogP contribution in [0.25, 0.3) is 0 Å². The highest BCUT2D eigenvalue weighted by molar-refractivity contribution is 5.95. The molecule has 2 rings (SSSR count). The van der Waals surface area contributed by atoms with Gasteiger partial charge in [-0.1, -0.05) is 19.4 Å². The number of halogens is 2. The Kier molecular flexibility index (Phi) is 9.11. The summed E-state index contributed by atoms with van der Waals surface area (Å²) in [5.74, 6) is -3.58. The van der Waals surface area contributed by atoms with E-state index in [0.29, 0.717) is 6.07 Å². The molecular weight excluding hydrogens is 450 g/mol. The smallest absolute Gasteiger partial charge is 0.328 e. The number of nitrogens with one attached hydrogen (secondary N) is 3. The summed E-state index contributed by atoms with van der Waals surface area (Å²) in [6.07, 6.45) is 1.44. The van der Waals surface area contributed by atoms with Crippen LogP contribution < -0.4 is 16.0 Å². The van der Waals surface area contributed by atoms with Gasteiger partial charge in [-0.25, -0.2) is 18.4 Å². The number of rotatable bonds is 7. The lowest BCUT2D eigenvalue weighted by molar-refractivity contribution is -0.147. The van der Waals surface area contributed by atoms with Crippen LogP contribution in [0.5, 0.6) is 0 Å².